The molecule has 1 rings (SSSR count). The van der Waals surface area contributed by atoms with Gasteiger partial charge in [-0.3, -0.25) is 0 Å². The van der Waals surface area contributed by atoms with Gasteiger partial charge >= 0.3 is 12.1 Å². The normalized spacial score (nSPS) is 25.1. The zero-order valence-corrected chi connectivity index (χ0v) is 9.65. The van der Waals surface area contributed by atoms with Crippen LogP contribution in [0.25, 0.3) is 0 Å². The first-order valence-corrected chi connectivity index (χ1v) is 5.12. The Bertz CT molecular complexity index is 283. The monoisotopic (exact) mass is 231 g/mol. The number of carbonyl (C=O) groups is 2. The van der Waals surface area contributed by atoms with Gasteiger partial charge in [0.15, 0.2) is 0 Å². The standard InChI is InChI=1S/C10H17NO5/c1-10(2,3)16-9(14)11-7-4-6(5-12)15-8(7)13/h6-7,12H,4-5H2,1-3H3,(H,11,14). The second-order valence-electron chi connectivity index (χ2n) is 4.68. The quantitative estimate of drug-likeness (QED) is 0.662. The third-order valence-electron chi connectivity index (χ3n) is 1.96. The maximum Gasteiger partial charge on any atom is 0.408 e. The number of hydrogen-bond acceptors (Lipinski definition) is 5. The fourth-order valence-corrected chi connectivity index (χ4v) is 1.33. The summed E-state index contributed by atoms with van der Waals surface area (Å²) in [6.45, 7) is 4.96. The van der Waals surface area contributed by atoms with Gasteiger partial charge in [0.2, 0.25) is 0 Å². The highest BCUT2D eigenvalue weighted by atomic mass is 16.6. The average Bonchev–Trinajstić information content (AvgIpc) is 2.44. The Hall–Kier alpha value is -1.30. The third-order valence-corrected chi connectivity index (χ3v) is 1.96. The number of ether oxygens (including phenoxy) is 2. The SMILES string of the molecule is CC(C)(C)OC(=O)NC1CC(CO)OC1=O. The number of carbonyl (C=O) groups excluding carboxylic acids is 2. The van der Waals surface area contributed by atoms with Crippen LogP contribution in [0.2, 0.25) is 0 Å². The van der Waals surface area contributed by atoms with Crippen LogP contribution in [0, 0.1) is 0 Å². The van der Waals surface area contributed by atoms with E-state index in [0.717, 1.165) is 0 Å². The molecule has 0 aromatic heterocycles. The van der Waals surface area contributed by atoms with Crippen LogP contribution < -0.4 is 5.32 Å². The maximum absolute atomic E-state index is 11.4. The molecule has 0 spiro atoms. The number of aliphatic hydroxyl groups excluding tert-OH is 1. The molecule has 0 saturated carbocycles. The van der Waals surface area contributed by atoms with E-state index in [-0.39, 0.29) is 13.0 Å². The zero-order valence-electron chi connectivity index (χ0n) is 9.65. The van der Waals surface area contributed by atoms with Crippen molar-refractivity contribution in [2.75, 3.05) is 6.61 Å². The fourth-order valence-electron chi connectivity index (χ4n) is 1.33. The number of aliphatic hydroxyl groups is 1. The van der Waals surface area contributed by atoms with Crippen molar-refractivity contribution < 1.29 is 24.2 Å². The van der Waals surface area contributed by atoms with Crippen molar-refractivity contribution in [2.45, 2.75) is 44.9 Å². The molecule has 0 aromatic rings. The molecule has 1 saturated heterocycles. The molecular weight excluding hydrogens is 214 g/mol. The van der Waals surface area contributed by atoms with Crippen LogP contribution >= 0.6 is 0 Å². The van der Waals surface area contributed by atoms with Crippen molar-refractivity contribution in [1.82, 2.24) is 5.32 Å². The summed E-state index contributed by atoms with van der Waals surface area (Å²) in [6.07, 6.45) is -0.922. The van der Waals surface area contributed by atoms with Crippen LogP contribution in [0.4, 0.5) is 4.79 Å². The Balaban J connectivity index is 2.43. The highest BCUT2D eigenvalue weighted by molar-refractivity contribution is 5.83. The van der Waals surface area contributed by atoms with Crippen molar-refractivity contribution in [3.63, 3.8) is 0 Å². The van der Waals surface area contributed by atoms with E-state index >= 15 is 0 Å². The van der Waals surface area contributed by atoms with Gasteiger partial charge < -0.3 is 19.9 Å². The van der Waals surface area contributed by atoms with E-state index in [1.54, 1.807) is 20.8 Å². The topological polar surface area (TPSA) is 84.9 Å². The van der Waals surface area contributed by atoms with Crippen LogP contribution in [-0.2, 0) is 14.3 Å². The Kier molecular flexibility index (Phi) is 3.74. The number of amides is 1. The molecule has 1 amide bonds. The first kappa shape index (κ1) is 12.8. The van der Waals surface area contributed by atoms with Gasteiger partial charge in [0.25, 0.3) is 0 Å². The second-order valence-corrected chi connectivity index (χ2v) is 4.68. The molecule has 0 aliphatic carbocycles. The Morgan fingerprint density at radius 1 is 1.62 bits per heavy atom. The molecule has 0 bridgehead atoms. The Morgan fingerprint density at radius 2 is 2.25 bits per heavy atom. The minimum Gasteiger partial charge on any atom is -0.458 e. The molecule has 92 valence electrons. The van der Waals surface area contributed by atoms with Gasteiger partial charge in [-0.15, -0.1) is 0 Å². The van der Waals surface area contributed by atoms with Crippen molar-refractivity contribution in [3.05, 3.63) is 0 Å². The Labute approximate surface area is 93.9 Å². The molecule has 16 heavy (non-hydrogen) atoms. The van der Waals surface area contributed by atoms with Crippen molar-refractivity contribution in [2.24, 2.45) is 0 Å². The lowest BCUT2D eigenvalue weighted by atomic mass is 10.2. The van der Waals surface area contributed by atoms with Crippen molar-refractivity contribution >= 4 is 12.1 Å². The molecule has 1 aliphatic rings. The van der Waals surface area contributed by atoms with Gasteiger partial charge in [0, 0.05) is 6.42 Å². The zero-order chi connectivity index (χ0) is 12.3. The molecule has 1 aliphatic heterocycles. The molecule has 0 radical (unpaired) electrons. The largest absolute Gasteiger partial charge is 0.458 e. The van der Waals surface area contributed by atoms with E-state index in [1.165, 1.54) is 0 Å². The van der Waals surface area contributed by atoms with Crippen molar-refractivity contribution in [1.29, 1.82) is 0 Å². The van der Waals surface area contributed by atoms with E-state index in [2.05, 4.69) is 5.32 Å². The number of cyclic esters (lactones) is 1. The molecule has 2 unspecified atom stereocenters. The molecule has 6 heteroatoms. The van der Waals surface area contributed by atoms with E-state index < -0.39 is 29.8 Å². The number of rotatable bonds is 2. The van der Waals surface area contributed by atoms with Crippen LogP contribution in [0.3, 0.4) is 0 Å². The van der Waals surface area contributed by atoms with Crippen LogP contribution in [-0.4, -0.2) is 41.5 Å². The molecule has 2 N–H and O–H groups in total. The summed E-state index contributed by atoms with van der Waals surface area (Å²) >= 11 is 0. The van der Waals surface area contributed by atoms with Crippen LogP contribution in [0.1, 0.15) is 27.2 Å². The first-order valence-electron chi connectivity index (χ1n) is 5.12. The van der Waals surface area contributed by atoms with E-state index in [1.807, 2.05) is 0 Å². The van der Waals surface area contributed by atoms with Gasteiger partial charge in [-0.1, -0.05) is 0 Å². The lowest BCUT2D eigenvalue weighted by molar-refractivity contribution is -0.144. The summed E-state index contributed by atoms with van der Waals surface area (Å²) in [5, 5.41) is 11.2. The van der Waals surface area contributed by atoms with Gasteiger partial charge in [0.05, 0.1) is 6.61 Å². The number of hydrogen-bond donors (Lipinski definition) is 2. The van der Waals surface area contributed by atoms with E-state index in [4.69, 9.17) is 14.6 Å². The number of alkyl carbamates (subject to hydrolysis) is 1. The fraction of sp³-hybridized carbons (Fsp3) is 0.800. The summed E-state index contributed by atoms with van der Waals surface area (Å²) in [4.78, 5) is 22.6. The molecule has 2 atom stereocenters. The maximum atomic E-state index is 11.4. The highest BCUT2D eigenvalue weighted by Crippen LogP contribution is 2.15. The highest BCUT2D eigenvalue weighted by Gasteiger charge is 2.35. The van der Waals surface area contributed by atoms with Gasteiger partial charge in [0.1, 0.15) is 17.7 Å². The van der Waals surface area contributed by atoms with E-state index in [0.29, 0.717) is 0 Å². The number of esters is 1. The lowest BCUT2D eigenvalue weighted by Crippen LogP contribution is -2.41. The smallest absolute Gasteiger partial charge is 0.408 e. The number of nitrogens with one attached hydrogen (secondary N) is 1. The third kappa shape index (κ3) is 3.69. The summed E-state index contributed by atoms with van der Waals surface area (Å²) < 4.78 is 9.79. The predicted octanol–water partition coefficient (Wildman–Crippen LogP) is 0.188. The Morgan fingerprint density at radius 3 is 2.69 bits per heavy atom. The molecule has 0 aromatic carbocycles. The first-order chi connectivity index (χ1) is 7.31. The molecular formula is C10H17NO5. The minimum absolute atomic E-state index is 0.238. The van der Waals surface area contributed by atoms with Gasteiger partial charge in [-0.2, -0.15) is 0 Å². The molecule has 1 heterocycles. The van der Waals surface area contributed by atoms with Crippen LogP contribution in [0.5, 0.6) is 0 Å². The van der Waals surface area contributed by atoms with Crippen LogP contribution in [0.15, 0.2) is 0 Å². The predicted molar refractivity (Wildman–Crippen MR) is 54.7 cm³/mol. The average molecular weight is 231 g/mol. The molecule has 6 nitrogen and oxygen atoms in total. The lowest BCUT2D eigenvalue weighted by Gasteiger charge is -2.20. The van der Waals surface area contributed by atoms with E-state index in [9.17, 15) is 9.59 Å². The minimum atomic E-state index is -0.730. The summed E-state index contributed by atoms with van der Waals surface area (Å²) in [7, 11) is 0. The summed E-state index contributed by atoms with van der Waals surface area (Å²) in [5.41, 5.74) is -0.608. The van der Waals surface area contributed by atoms with Gasteiger partial charge in [-0.05, 0) is 20.8 Å². The summed E-state index contributed by atoms with van der Waals surface area (Å²) in [6, 6.07) is -0.730. The second kappa shape index (κ2) is 4.69. The summed E-state index contributed by atoms with van der Waals surface area (Å²) in [5.74, 6) is -0.537. The molecule has 1 fully saturated rings. The van der Waals surface area contributed by atoms with Crippen molar-refractivity contribution in [3.8, 4) is 0 Å². The van der Waals surface area contributed by atoms with Gasteiger partial charge in [-0.25, -0.2) is 9.59 Å².